The van der Waals surface area contributed by atoms with Crippen molar-refractivity contribution in [2.45, 2.75) is 0 Å². The second kappa shape index (κ2) is 8.07. The van der Waals surface area contributed by atoms with Crippen LogP contribution < -0.4 is 0 Å². The molecule has 2 amide bonds. The molecule has 0 unspecified atom stereocenters. The number of carbonyl (C=O) groups excluding carboxylic acids is 2. The molecule has 134 valence electrons. The van der Waals surface area contributed by atoms with Crippen molar-refractivity contribution in [2.24, 2.45) is 0 Å². The van der Waals surface area contributed by atoms with E-state index < -0.39 is 16.7 Å². The fraction of sp³-hybridized carbons (Fsp3) is 0. The molecule has 0 atom stereocenters. The fourth-order valence-corrected chi connectivity index (χ4v) is 3.55. The minimum atomic E-state index is -0.684. The number of hydrogen-bond donors (Lipinski definition) is 0. The zero-order chi connectivity index (χ0) is 19.4. The summed E-state index contributed by atoms with van der Waals surface area (Å²) in [5, 5.41) is 10.9. The Balaban J connectivity index is 1.80. The summed E-state index contributed by atoms with van der Waals surface area (Å²) in [5.41, 5.74) is 0.770. The van der Waals surface area contributed by atoms with Crippen molar-refractivity contribution in [1.82, 2.24) is 4.90 Å². The quantitative estimate of drug-likeness (QED) is 0.253. The summed E-state index contributed by atoms with van der Waals surface area (Å²) in [6.07, 6.45) is 5.13. The number of nitro benzene ring substituents is 1. The molecule has 2 aromatic rings. The lowest BCUT2D eigenvalue weighted by molar-refractivity contribution is -0.384. The molecule has 0 aliphatic carbocycles. The zero-order valence-electron chi connectivity index (χ0n) is 13.8. The fourth-order valence-electron chi connectivity index (χ4n) is 2.35. The third kappa shape index (κ3) is 4.18. The van der Waals surface area contributed by atoms with Crippen molar-refractivity contribution in [3.05, 3.63) is 92.9 Å². The van der Waals surface area contributed by atoms with Gasteiger partial charge in [-0.3, -0.25) is 19.7 Å². The molecule has 1 heterocycles. The average Bonchev–Trinajstić information content (AvgIpc) is 2.95. The molecule has 8 heteroatoms. The average molecular weight is 396 g/mol. The molecular weight excluding hydrogens is 384 g/mol. The van der Waals surface area contributed by atoms with E-state index in [0.29, 0.717) is 4.91 Å². The van der Waals surface area contributed by atoms with Gasteiger partial charge < -0.3 is 0 Å². The summed E-state index contributed by atoms with van der Waals surface area (Å²) in [6.45, 7) is 0. The molecular formula is C19H12N2O4S2. The number of imide groups is 1. The van der Waals surface area contributed by atoms with Crippen LogP contribution in [0.3, 0.4) is 0 Å². The highest BCUT2D eigenvalue weighted by Crippen LogP contribution is 2.32. The van der Waals surface area contributed by atoms with Gasteiger partial charge in [0.15, 0.2) is 4.32 Å². The molecule has 6 nitrogen and oxygen atoms in total. The summed E-state index contributed by atoms with van der Waals surface area (Å²) in [7, 11) is 0. The number of nitro groups is 1. The highest BCUT2D eigenvalue weighted by Gasteiger charge is 2.37. The van der Waals surface area contributed by atoms with E-state index in [4.69, 9.17) is 12.2 Å². The number of amides is 2. The number of rotatable bonds is 4. The van der Waals surface area contributed by atoms with Crippen LogP contribution in [0.4, 0.5) is 5.69 Å². The number of nitrogens with zero attached hydrogens (tertiary/aromatic N) is 2. The normalized spacial score (nSPS) is 15.7. The van der Waals surface area contributed by atoms with E-state index in [2.05, 4.69) is 0 Å². The SMILES string of the molecule is O=C1C(=CC=Cc2ccccc2)SC(=S)N1C(=O)c1cccc([N+](=O)[O-])c1. The summed E-state index contributed by atoms with van der Waals surface area (Å²) in [5.74, 6) is -1.23. The minimum Gasteiger partial charge on any atom is -0.268 e. The number of hydrogen-bond acceptors (Lipinski definition) is 6. The van der Waals surface area contributed by atoms with Gasteiger partial charge in [0.2, 0.25) is 0 Å². The smallest absolute Gasteiger partial charge is 0.268 e. The van der Waals surface area contributed by atoms with Gasteiger partial charge in [-0.25, -0.2) is 4.90 Å². The Hall–Kier alpha value is -3.10. The van der Waals surface area contributed by atoms with Gasteiger partial charge in [0.1, 0.15) is 0 Å². The Morgan fingerprint density at radius 1 is 1.15 bits per heavy atom. The summed E-state index contributed by atoms with van der Waals surface area (Å²) in [4.78, 5) is 36.6. The molecule has 0 radical (unpaired) electrons. The van der Waals surface area contributed by atoms with Crippen molar-refractivity contribution in [3.8, 4) is 0 Å². The molecule has 0 bridgehead atoms. The van der Waals surface area contributed by atoms with Crippen molar-refractivity contribution >= 4 is 51.9 Å². The van der Waals surface area contributed by atoms with Gasteiger partial charge in [-0.1, -0.05) is 72.5 Å². The van der Waals surface area contributed by atoms with Crippen molar-refractivity contribution in [2.75, 3.05) is 0 Å². The molecule has 27 heavy (non-hydrogen) atoms. The molecule has 1 aliphatic rings. The first-order valence-corrected chi connectivity index (χ1v) is 8.98. The van der Waals surface area contributed by atoms with Crippen LogP contribution in [0.2, 0.25) is 0 Å². The van der Waals surface area contributed by atoms with E-state index in [-0.39, 0.29) is 15.6 Å². The van der Waals surface area contributed by atoms with Crippen LogP contribution in [-0.2, 0) is 4.79 Å². The van der Waals surface area contributed by atoms with Crippen LogP contribution in [0.25, 0.3) is 6.08 Å². The molecule has 3 rings (SSSR count). The Bertz CT molecular complexity index is 1000. The summed E-state index contributed by atoms with van der Waals surface area (Å²) >= 11 is 6.16. The maximum Gasteiger partial charge on any atom is 0.273 e. The number of thioether (sulfide) groups is 1. The van der Waals surface area contributed by atoms with E-state index in [1.165, 1.54) is 18.2 Å². The van der Waals surface area contributed by atoms with Crippen LogP contribution in [0.5, 0.6) is 0 Å². The molecule has 0 spiro atoms. The van der Waals surface area contributed by atoms with Gasteiger partial charge in [-0.2, -0.15) is 0 Å². The Morgan fingerprint density at radius 3 is 2.59 bits per heavy atom. The van der Waals surface area contributed by atoms with Gasteiger partial charge in [0, 0.05) is 17.7 Å². The standard InChI is InChI=1S/C19H12N2O4S2/c22-17(14-9-5-10-15(12-14)21(24)25)20-18(23)16(27-19(20)26)11-4-8-13-6-2-1-3-7-13/h1-12H. The molecule has 2 aromatic carbocycles. The second-order valence-electron chi connectivity index (χ2n) is 5.42. The number of thiocarbonyl (C=S) groups is 1. The van der Waals surface area contributed by atoms with Gasteiger partial charge in [0.25, 0.3) is 17.5 Å². The van der Waals surface area contributed by atoms with Gasteiger partial charge in [-0.05, 0) is 17.7 Å². The van der Waals surface area contributed by atoms with E-state index in [9.17, 15) is 19.7 Å². The molecule has 0 saturated carbocycles. The molecule has 1 aliphatic heterocycles. The molecule has 0 N–H and O–H groups in total. The summed E-state index contributed by atoms with van der Waals surface area (Å²) in [6, 6.07) is 14.7. The highest BCUT2D eigenvalue weighted by molar-refractivity contribution is 8.26. The van der Waals surface area contributed by atoms with Gasteiger partial charge >= 0.3 is 0 Å². The third-order valence-corrected chi connectivity index (χ3v) is 4.96. The molecule has 1 fully saturated rings. The highest BCUT2D eigenvalue weighted by atomic mass is 32.2. The van der Waals surface area contributed by atoms with E-state index in [1.54, 1.807) is 12.2 Å². The number of non-ortho nitro benzene ring substituents is 1. The number of allylic oxidation sites excluding steroid dienone is 2. The maximum atomic E-state index is 12.6. The lowest BCUT2D eigenvalue weighted by Gasteiger charge is -2.12. The minimum absolute atomic E-state index is 0.0292. The van der Waals surface area contributed by atoms with E-state index in [1.807, 2.05) is 36.4 Å². The third-order valence-electron chi connectivity index (χ3n) is 3.64. The van der Waals surface area contributed by atoms with E-state index >= 15 is 0 Å². The maximum absolute atomic E-state index is 12.6. The monoisotopic (exact) mass is 396 g/mol. The predicted octanol–water partition coefficient (Wildman–Crippen LogP) is 4.19. The Morgan fingerprint density at radius 2 is 1.89 bits per heavy atom. The van der Waals surface area contributed by atoms with Crippen LogP contribution >= 0.6 is 24.0 Å². The lowest BCUT2D eigenvalue weighted by Crippen LogP contribution is -2.34. The van der Waals surface area contributed by atoms with Crippen LogP contribution in [0.15, 0.2) is 71.7 Å². The first kappa shape index (κ1) is 18.7. The zero-order valence-corrected chi connectivity index (χ0v) is 15.4. The second-order valence-corrected chi connectivity index (χ2v) is 7.10. The molecule has 0 aromatic heterocycles. The predicted molar refractivity (Wildman–Crippen MR) is 108 cm³/mol. The lowest BCUT2D eigenvalue weighted by atomic mass is 10.2. The Labute approximate surface area is 164 Å². The first-order chi connectivity index (χ1) is 13.0. The van der Waals surface area contributed by atoms with Crippen LogP contribution in [0.1, 0.15) is 15.9 Å². The van der Waals surface area contributed by atoms with E-state index in [0.717, 1.165) is 28.3 Å². The summed E-state index contributed by atoms with van der Waals surface area (Å²) < 4.78 is 0.0934. The van der Waals surface area contributed by atoms with Crippen molar-refractivity contribution in [1.29, 1.82) is 0 Å². The topological polar surface area (TPSA) is 80.5 Å². The number of benzene rings is 2. The van der Waals surface area contributed by atoms with Crippen molar-refractivity contribution in [3.63, 3.8) is 0 Å². The van der Waals surface area contributed by atoms with Crippen molar-refractivity contribution < 1.29 is 14.5 Å². The van der Waals surface area contributed by atoms with Gasteiger partial charge in [-0.15, -0.1) is 0 Å². The van der Waals surface area contributed by atoms with Crippen LogP contribution in [0, 0.1) is 10.1 Å². The Kier molecular flexibility index (Phi) is 5.58. The first-order valence-electron chi connectivity index (χ1n) is 7.76. The largest absolute Gasteiger partial charge is 0.273 e. The van der Waals surface area contributed by atoms with Gasteiger partial charge in [0.05, 0.1) is 9.83 Å². The van der Waals surface area contributed by atoms with Crippen LogP contribution in [-0.4, -0.2) is 26.0 Å². The molecule has 1 saturated heterocycles. The number of carbonyl (C=O) groups is 2.